The van der Waals surface area contributed by atoms with Gasteiger partial charge in [-0.3, -0.25) is 4.57 Å². The third-order valence-electron chi connectivity index (χ3n) is 4.69. The first kappa shape index (κ1) is 16.4. The van der Waals surface area contributed by atoms with Gasteiger partial charge in [0.25, 0.3) is 0 Å². The summed E-state index contributed by atoms with van der Waals surface area (Å²) in [6.07, 6.45) is 1.86. The van der Waals surface area contributed by atoms with E-state index in [2.05, 4.69) is 72.2 Å². The Bertz CT molecular complexity index is 1020. The van der Waals surface area contributed by atoms with E-state index in [0.29, 0.717) is 0 Å². The zero-order valence-corrected chi connectivity index (χ0v) is 15.1. The van der Waals surface area contributed by atoms with Crippen LogP contribution in [0.25, 0.3) is 16.7 Å². The maximum atomic E-state index is 5.30. The van der Waals surface area contributed by atoms with Crippen molar-refractivity contribution in [2.45, 2.75) is 19.8 Å². The van der Waals surface area contributed by atoms with E-state index in [1.807, 2.05) is 12.1 Å². The van der Waals surface area contributed by atoms with Gasteiger partial charge in [-0.25, -0.2) is 4.98 Å². The van der Waals surface area contributed by atoms with Gasteiger partial charge in [-0.15, -0.1) is 0 Å². The van der Waals surface area contributed by atoms with Gasteiger partial charge in [-0.1, -0.05) is 36.4 Å². The molecule has 26 heavy (non-hydrogen) atoms. The molecule has 3 aromatic carbocycles. The minimum atomic E-state index is 0.861. The van der Waals surface area contributed by atoms with Gasteiger partial charge in [0.05, 0.1) is 18.1 Å². The molecule has 0 saturated heterocycles. The summed E-state index contributed by atoms with van der Waals surface area (Å²) in [4.78, 5) is 4.92. The Labute approximate surface area is 153 Å². The summed E-state index contributed by atoms with van der Waals surface area (Å²) in [6, 6.07) is 25.2. The second-order valence-corrected chi connectivity index (χ2v) is 6.54. The van der Waals surface area contributed by atoms with Crippen LogP contribution in [0.4, 0.5) is 0 Å². The number of ether oxygens (including phenoxy) is 1. The first-order valence-corrected chi connectivity index (χ1v) is 8.91. The van der Waals surface area contributed by atoms with Crippen LogP contribution >= 0.6 is 0 Å². The lowest BCUT2D eigenvalue weighted by molar-refractivity contribution is 0.414. The Morgan fingerprint density at radius 3 is 2.38 bits per heavy atom. The van der Waals surface area contributed by atoms with Crippen LogP contribution < -0.4 is 4.74 Å². The number of aromatic nitrogens is 2. The summed E-state index contributed by atoms with van der Waals surface area (Å²) in [5.41, 5.74) is 5.87. The third-order valence-corrected chi connectivity index (χ3v) is 4.69. The molecule has 0 aliphatic carbocycles. The standard InChI is InChI=1S/C23H22N2O/c1-17-8-14-21-22(16-17)25(19-10-12-20(26-2)13-11-19)23(24-21)15-9-18-6-4-3-5-7-18/h3-8,10-14,16H,9,15H2,1-2H3. The highest BCUT2D eigenvalue weighted by Gasteiger charge is 2.13. The molecular formula is C23H22N2O. The number of benzene rings is 3. The number of imidazole rings is 1. The summed E-state index contributed by atoms with van der Waals surface area (Å²) < 4.78 is 7.57. The highest BCUT2D eigenvalue weighted by Crippen LogP contribution is 2.25. The Morgan fingerprint density at radius 1 is 0.885 bits per heavy atom. The zero-order valence-electron chi connectivity index (χ0n) is 15.1. The second-order valence-electron chi connectivity index (χ2n) is 6.54. The van der Waals surface area contributed by atoms with Crippen molar-refractivity contribution in [2.24, 2.45) is 0 Å². The molecule has 0 fully saturated rings. The van der Waals surface area contributed by atoms with Gasteiger partial charge in [-0.05, 0) is 60.9 Å². The van der Waals surface area contributed by atoms with Crippen molar-refractivity contribution in [1.82, 2.24) is 9.55 Å². The van der Waals surface area contributed by atoms with E-state index in [-0.39, 0.29) is 0 Å². The van der Waals surface area contributed by atoms with E-state index in [1.165, 1.54) is 11.1 Å². The first-order chi connectivity index (χ1) is 12.7. The van der Waals surface area contributed by atoms with E-state index in [1.54, 1.807) is 7.11 Å². The van der Waals surface area contributed by atoms with Crippen molar-refractivity contribution < 1.29 is 4.74 Å². The molecule has 1 heterocycles. The number of aryl methyl sites for hydroxylation is 3. The van der Waals surface area contributed by atoms with Crippen molar-refractivity contribution in [3.63, 3.8) is 0 Å². The molecule has 3 heteroatoms. The molecule has 0 spiro atoms. The highest BCUT2D eigenvalue weighted by molar-refractivity contribution is 5.79. The Kier molecular flexibility index (Phi) is 4.44. The van der Waals surface area contributed by atoms with Crippen molar-refractivity contribution in [2.75, 3.05) is 7.11 Å². The van der Waals surface area contributed by atoms with E-state index < -0.39 is 0 Å². The van der Waals surface area contributed by atoms with Gasteiger partial charge in [0.1, 0.15) is 11.6 Å². The lowest BCUT2D eigenvalue weighted by Crippen LogP contribution is -2.03. The maximum Gasteiger partial charge on any atom is 0.119 e. The second kappa shape index (κ2) is 7.04. The molecule has 0 aliphatic rings. The van der Waals surface area contributed by atoms with Crippen molar-refractivity contribution in [1.29, 1.82) is 0 Å². The number of nitrogens with zero attached hydrogens (tertiary/aromatic N) is 2. The van der Waals surface area contributed by atoms with Gasteiger partial charge in [0.15, 0.2) is 0 Å². The SMILES string of the molecule is COc1ccc(-n2c(CCc3ccccc3)nc3ccc(C)cc32)cc1. The van der Waals surface area contributed by atoms with Gasteiger partial charge in [0, 0.05) is 12.1 Å². The monoisotopic (exact) mass is 342 g/mol. The van der Waals surface area contributed by atoms with E-state index in [4.69, 9.17) is 9.72 Å². The van der Waals surface area contributed by atoms with Crippen molar-refractivity contribution >= 4 is 11.0 Å². The topological polar surface area (TPSA) is 27.1 Å². The molecular weight excluding hydrogens is 320 g/mol. The lowest BCUT2D eigenvalue weighted by Gasteiger charge is -2.11. The van der Waals surface area contributed by atoms with Crippen LogP contribution in [-0.2, 0) is 12.8 Å². The lowest BCUT2D eigenvalue weighted by atomic mass is 10.1. The molecule has 0 aliphatic heterocycles. The fraction of sp³-hybridized carbons (Fsp3) is 0.174. The smallest absolute Gasteiger partial charge is 0.119 e. The van der Waals surface area contributed by atoms with E-state index >= 15 is 0 Å². The summed E-state index contributed by atoms with van der Waals surface area (Å²) in [6.45, 7) is 2.12. The number of hydrogen-bond donors (Lipinski definition) is 0. The molecule has 1 aromatic heterocycles. The summed E-state index contributed by atoms with van der Waals surface area (Å²) in [5.74, 6) is 1.94. The third kappa shape index (κ3) is 3.21. The van der Waals surface area contributed by atoms with Crippen LogP contribution in [0.1, 0.15) is 17.0 Å². The van der Waals surface area contributed by atoms with Crippen LogP contribution in [0, 0.1) is 6.92 Å². The summed E-state index contributed by atoms with van der Waals surface area (Å²) >= 11 is 0. The predicted octanol–water partition coefficient (Wildman–Crippen LogP) is 5.13. The van der Waals surface area contributed by atoms with E-state index in [9.17, 15) is 0 Å². The molecule has 130 valence electrons. The number of rotatable bonds is 5. The molecule has 0 saturated carbocycles. The average molecular weight is 342 g/mol. The minimum Gasteiger partial charge on any atom is -0.497 e. The molecule has 0 unspecified atom stereocenters. The Hall–Kier alpha value is -3.07. The summed E-state index contributed by atoms with van der Waals surface area (Å²) in [5, 5.41) is 0. The number of fused-ring (bicyclic) bond motifs is 1. The normalized spacial score (nSPS) is 11.0. The number of hydrogen-bond acceptors (Lipinski definition) is 2. The highest BCUT2D eigenvalue weighted by atomic mass is 16.5. The molecule has 4 aromatic rings. The maximum absolute atomic E-state index is 5.30. The van der Waals surface area contributed by atoms with Crippen LogP contribution in [0.15, 0.2) is 72.8 Å². The predicted molar refractivity (Wildman–Crippen MR) is 106 cm³/mol. The van der Waals surface area contributed by atoms with Gasteiger partial charge in [-0.2, -0.15) is 0 Å². The van der Waals surface area contributed by atoms with Crippen molar-refractivity contribution in [3.05, 3.63) is 89.7 Å². The fourth-order valence-electron chi connectivity index (χ4n) is 3.32. The quantitative estimate of drug-likeness (QED) is 0.503. The minimum absolute atomic E-state index is 0.861. The molecule has 0 atom stereocenters. The molecule has 0 N–H and O–H groups in total. The van der Waals surface area contributed by atoms with Gasteiger partial charge in [0.2, 0.25) is 0 Å². The first-order valence-electron chi connectivity index (χ1n) is 8.91. The largest absolute Gasteiger partial charge is 0.497 e. The van der Waals surface area contributed by atoms with Gasteiger partial charge >= 0.3 is 0 Å². The molecule has 0 radical (unpaired) electrons. The van der Waals surface area contributed by atoms with Crippen LogP contribution in [0.2, 0.25) is 0 Å². The summed E-state index contributed by atoms with van der Waals surface area (Å²) in [7, 11) is 1.69. The molecule has 0 amide bonds. The van der Waals surface area contributed by atoms with Crippen LogP contribution in [-0.4, -0.2) is 16.7 Å². The fourth-order valence-corrected chi connectivity index (χ4v) is 3.32. The Balaban J connectivity index is 1.78. The molecule has 4 rings (SSSR count). The Morgan fingerprint density at radius 2 is 1.65 bits per heavy atom. The van der Waals surface area contributed by atoms with Crippen LogP contribution in [0.5, 0.6) is 5.75 Å². The number of methoxy groups -OCH3 is 1. The molecule has 3 nitrogen and oxygen atoms in total. The average Bonchev–Trinajstić information content (AvgIpc) is 3.04. The molecule has 0 bridgehead atoms. The zero-order chi connectivity index (χ0) is 17.9. The van der Waals surface area contributed by atoms with Crippen LogP contribution in [0.3, 0.4) is 0 Å². The van der Waals surface area contributed by atoms with Gasteiger partial charge < -0.3 is 4.74 Å². The van der Waals surface area contributed by atoms with Crippen molar-refractivity contribution in [3.8, 4) is 11.4 Å². The van der Waals surface area contributed by atoms with E-state index in [0.717, 1.165) is 41.1 Å².